The van der Waals surface area contributed by atoms with Crippen molar-refractivity contribution in [1.82, 2.24) is 4.98 Å². The van der Waals surface area contributed by atoms with Crippen LogP contribution in [0.15, 0.2) is 10.7 Å². The molecule has 1 atom stereocenters. The Bertz CT molecular complexity index is 294. The van der Waals surface area contributed by atoms with Gasteiger partial charge in [-0.15, -0.1) is 0 Å². The molecule has 1 aromatic rings. The van der Waals surface area contributed by atoms with Gasteiger partial charge in [-0.1, -0.05) is 0 Å². The zero-order chi connectivity index (χ0) is 9.97. The Morgan fingerprint density at radius 2 is 2.29 bits per heavy atom. The summed E-state index contributed by atoms with van der Waals surface area (Å²) in [5.74, 6) is 0. The molecule has 2 rings (SSSR count). The lowest BCUT2D eigenvalue weighted by Gasteiger charge is -2.10. The zero-order valence-electron chi connectivity index (χ0n) is 8.02. The molecule has 1 fully saturated rings. The summed E-state index contributed by atoms with van der Waals surface area (Å²) < 4.78 is 5.27. The fourth-order valence-corrected chi connectivity index (χ4v) is 1.60. The quantitative estimate of drug-likeness (QED) is 0.727. The Morgan fingerprint density at radius 1 is 1.57 bits per heavy atom. The van der Waals surface area contributed by atoms with Crippen molar-refractivity contribution in [1.29, 1.82) is 0 Å². The lowest BCUT2D eigenvalue weighted by atomic mass is 10.3. The highest BCUT2D eigenvalue weighted by atomic mass is 16.4. The van der Waals surface area contributed by atoms with E-state index in [2.05, 4.69) is 9.88 Å². The zero-order valence-corrected chi connectivity index (χ0v) is 8.02. The highest BCUT2D eigenvalue weighted by Gasteiger charge is 2.19. The van der Waals surface area contributed by atoms with Crippen LogP contribution in [0.2, 0.25) is 0 Å². The van der Waals surface area contributed by atoms with E-state index >= 15 is 0 Å². The molecule has 0 aliphatic carbocycles. The summed E-state index contributed by atoms with van der Waals surface area (Å²) in [7, 11) is 0. The van der Waals surface area contributed by atoms with Crippen LogP contribution in [-0.4, -0.2) is 29.7 Å². The number of nitrogens with zero attached hydrogens (tertiary/aromatic N) is 2. The molecule has 0 bridgehead atoms. The second-order valence-corrected chi connectivity index (χ2v) is 3.50. The third kappa shape index (κ3) is 1.73. The average Bonchev–Trinajstić information content (AvgIpc) is 2.86. The van der Waals surface area contributed by atoms with E-state index in [4.69, 9.17) is 10.2 Å². The molecule has 0 aromatic carbocycles. The minimum absolute atomic E-state index is 0.173. The fourth-order valence-electron chi connectivity index (χ4n) is 1.60. The predicted molar refractivity (Wildman–Crippen MR) is 52.0 cm³/mol. The third-order valence-corrected chi connectivity index (χ3v) is 2.45. The van der Waals surface area contributed by atoms with E-state index in [0.717, 1.165) is 13.1 Å². The maximum Gasteiger partial charge on any atom is 0.297 e. The summed E-state index contributed by atoms with van der Waals surface area (Å²) >= 11 is 0. The Hall–Kier alpha value is -1.07. The number of oxazole rings is 1. The Kier molecular flexibility index (Phi) is 2.69. The van der Waals surface area contributed by atoms with Gasteiger partial charge in [0.05, 0.1) is 0 Å². The lowest BCUT2D eigenvalue weighted by molar-refractivity contribution is 0.181. The number of anilines is 1. The number of rotatable bonds is 3. The van der Waals surface area contributed by atoms with Gasteiger partial charge in [0.25, 0.3) is 6.01 Å². The molecular formula is C9H15N3O2. The fraction of sp³-hybridized carbons (Fsp3) is 0.667. The summed E-state index contributed by atoms with van der Waals surface area (Å²) in [6, 6.07) is 0.602. The number of aliphatic hydroxyl groups excluding tert-OH is 1. The first-order valence-electron chi connectivity index (χ1n) is 4.90. The van der Waals surface area contributed by atoms with Crippen LogP contribution in [0, 0.1) is 0 Å². The molecule has 5 nitrogen and oxygen atoms in total. The Balaban J connectivity index is 2.08. The Labute approximate surface area is 82.5 Å². The van der Waals surface area contributed by atoms with E-state index in [0.29, 0.717) is 11.7 Å². The molecule has 1 aliphatic rings. The van der Waals surface area contributed by atoms with E-state index in [9.17, 15) is 5.11 Å². The van der Waals surface area contributed by atoms with Gasteiger partial charge in [-0.05, 0) is 12.8 Å². The van der Waals surface area contributed by atoms with Crippen LogP contribution in [0.5, 0.6) is 0 Å². The van der Waals surface area contributed by atoms with Gasteiger partial charge in [0.2, 0.25) is 0 Å². The minimum Gasteiger partial charge on any atom is -0.432 e. The molecule has 0 spiro atoms. The summed E-state index contributed by atoms with van der Waals surface area (Å²) in [5.41, 5.74) is 5.84. The second-order valence-electron chi connectivity index (χ2n) is 3.50. The first-order chi connectivity index (χ1) is 6.81. The van der Waals surface area contributed by atoms with Crippen LogP contribution in [0.25, 0.3) is 0 Å². The number of aromatic nitrogens is 1. The van der Waals surface area contributed by atoms with Gasteiger partial charge in [0.15, 0.2) is 0 Å². The SMILES string of the molecule is NCC(O)c1coc(N2CCCC2)n1. The molecule has 1 saturated heterocycles. The van der Waals surface area contributed by atoms with E-state index in [-0.39, 0.29) is 6.54 Å². The number of hydrogen-bond acceptors (Lipinski definition) is 5. The standard InChI is InChI=1S/C9H15N3O2/c10-5-8(13)7-6-14-9(11-7)12-3-1-2-4-12/h6,8,13H,1-5,10H2. The molecule has 1 aromatic heterocycles. The van der Waals surface area contributed by atoms with Crippen LogP contribution in [0.3, 0.4) is 0 Å². The van der Waals surface area contributed by atoms with Crippen molar-refractivity contribution in [2.24, 2.45) is 5.73 Å². The molecule has 3 N–H and O–H groups in total. The monoisotopic (exact) mass is 197 g/mol. The predicted octanol–water partition coefficient (Wildman–Crippen LogP) is 0.267. The van der Waals surface area contributed by atoms with Crippen molar-refractivity contribution in [2.75, 3.05) is 24.5 Å². The maximum atomic E-state index is 9.42. The maximum absolute atomic E-state index is 9.42. The summed E-state index contributed by atoms with van der Waals surface area (Å²) in [6.45, 7) is 2.14. The summed E-state index contributed by atoms with van der Waals surface area (Å²) in [5, 5.41) is 9.42. The van der Waals surface area contributed by atoms with Gasteiger partial charge in [-0.3, -0.25) is 0 Å². The summed E-state index contributed by atoms with van der Waals surface area (Å²) in [4.78, 5) is 6.27. The number of nitrogens with two attached hydrogens (primary N) is 1. The van der Waals surface area contributed by atoms with Crippen LogP contribution in [0.1, 0.15) is 24.6 Å². The first-order valence-corrected chi connectivity index (χ1v) is 4.90. The normalized spacial score (nSPS) is 18.9. The van der Waals surface area contributed by atoms with Crippen molar-refractivity contribution < 1.29 is 9.52 Å². The smallest absolute Gasteiger partial charge is 0.297 e. The largest absolute Gasteiger partial charge is 0.432 e. The molecule has 0 saturated carbocycles. The molecule has 0 amide bonds. The van der Waals surface area contributed by atoms with Crippen LogP contribution >= 0.6 is 0 Å². The highest BCUT2D eigenvalue weighted by molar-refractivity contribution is 5.28. The van der Waals surface area contributed by atoms with Crippen LogP contribution in [-0.2, 0) is 0 Å². The van der Waals surface area contributed by atoms with E-state index in [1.54, 1.807) is 0 Å². The second kappa shape index (κ2) is 3.98. The Morgan fingerprint density at radius 3 is 2.93 bits per heavy atom. The van der Waals surface area contributed by atoms with E-state index in [1.807, 2.05) is 0 Å². The van der Waals surface area contributed by atoms with Crippen molar-refractivity contribution in [3.05, 3.63) is 12.0 Å². The van der Waals surface area contributed by atoms with E-state index in [1.165, 1.54) is 19.1 Å². The topological polar surface area (TPSA) is 75.5 Å². The molecule has 1 aliphatic heterocycles. The molecular weight excluding hydrogens is 182 g/mol. The van der Waals surface area contributed by atoms with Gasteiger partial charge in [-0.2, -0.15) is 4.98 Å². The molecule has 5 heteroatoms. The van der Waals surface area contributed by atoms with Gasteiger partial charge in [-0.25, -0.2) is 0 Å². The molecule has 0 radical (unpaired) electrons. The summed E-state index contributed by atoms with van der Waals surface area (Å²) in [6.07, 6.45) is 3.12. The first kappa shape index (κ1) is 9.48. The van der Waals surface area contributed by atoms with Gasteiger partial charge in [0, 0.05) is 19.6 Å². The molecule has 2 heterocycles. The minimum atomic E-state index is -0.713. The average molecular weight is 197 g/mol. The lowest BCUT2D eigenvalue weighted by Crippen LogP contribution is -2.18. The third-order valence-electron chi connectivity index (χ3n) is 2.45. The van der Waals surface area contributed by atoms with Crippen molar-refractivity contribution in [2.45, 2.75) is 18.9 Å². The molecule has 1 unspecified atom stereocenters. The van der Waals surface area contributed by atoms with Crippen LogP contribution in [0.4, 0.5) is 6.01 Å². The highest BCUT2D eigenvalue weighted by Crippen LogP contribution is 2.21. The van der Waals surface area contributed by atoms with Crippen molar-refractivity contribution in [3.63, 3.8) is 0 Å². The van der Waals surface area contributed by atoms with Gasteiger partial charge in [0.1, 0.15) is 18.1 Å². The van der Waals surface area contributed by atoms with Crippen molar-refractivity contribution in [3.8, 4) is 0 Å². The number of aliphatic hydroxyl groups is 1. The van der Waals surface area contributed by atoms with Crippen LogP contribution < -0.4 is 10.6 Å². The number of hydrogen-bond donors (Lipinski definition) is 2. The van der Waals surface area contributed by atoms with E-state index < -0.39 is 6.10 Å². The van der Waals surface area contributed by atoms with Crippen molar-refractivity contribution >= 4 is 6.01 Å². The van der Waals surface area contributed by atoms with Gasteiger partial charge < -0.3 is 20.2 Å². The van der Waals surface area contributed by atoms with Gasteiger partial charge >= 0.3 is 0 Å². The molecule has 78 valence electrons. The molecule has 14 heavy (non-hydrogen) atoms.